The Kier molecular flexibility index (Phi) is 11.4. The fourth-order valence-corrected chi connectivity index (χ4v) is 9.62. The zero-order valence-electron chi connectivity index (χ0n) is 37.1. The van der Waals surface area contributed by atoms with Crippen LogP contribution in [0.1, 0.15) is 38.9 Å². The van der Waals surface area contributed by atoms with Crippen molar-refractivity contribution in [2.45, 2.75) is 26.2 Å². The predicted molar refractivity (Wildman–Crippen MR) is 274 cm³/mol. The summed E-state index contributed by atoms with van der Waals surface area (Å²) in [6, 6.07) is 88.6. The van der Waals surface area contributed by atoms with Gasteiger partial charge in [0.1, 0.15) is 11.2 Å². The highest BCUT2D eigenvalue weighted by atomic mass is 16.3. The van der Waals surface area contributed by atoms with E-state index in [0.717, 1.165) is 33.1 Å². The molecule has 10 aromatic carbocycles. The van der Waals surface area contributed by atoms with E-state index in [9.17, 15) is 0 Å². The predicted octanol–water partition coefficient (Wildman–Crippen LogP) is 17.2. The zero-order chi connectivity index (χ0) is 44.2. The Hall–Kier alpha value is -8.00. The molecule has 1 aromatic heterocycles. The van der Waals surface area contributed by atoms with Gasteiger partial charge in [-0.3, -0.25) is 0 Å². The molecular formula is C64H50O. The van der Waals surface area contributed by atoms with E-state index >= 15 is 0 Å². The summed E-state index contributed by atoms with van der Waals surface area (Å²) in [7, 11) is 0. The molecule has 0 bridgehead atoms. The molecule has 1 aliphatic rings. The van der Waals surface area contributed by atoms with Crippen molar-refractivity contribution in [3.63, 3.8) is 0 Å². The molecule has 1 heterocycles. The molecule has 0 saturated carbocycles. The lowest BCUT2D eigenvalue weighted by molar-refractivity contribution is 0.670. The average molecular weight is 835 g/mol. The minimum Gasteiger partial charge on any atom is -0.455 e. The van der Waals surface area contributed by atoms with Crippen molar-refractivity contribution in [1.82, 2.24) is 0 Å². The lowest BCUT2D eigenvalue weighted by atomic mass is 9.67. The smallest absolute Gasteiger partial charge is 0.143 e. The number of hydrogen-bond acceptors (Lipinski definition) is 1. The van der Waals surface area contributed by atoms with Gasteiger partial charge in [0.2, 0.25) is 0 Å². The van der Waals surface area contributed by atoms with Crippen LogP contribution in [0, 0.1) is 20.8 Å². The molecule has 0 amide bonds. The number of rotatable bonds is 5. The molecule has 11 aromatic rings. The van der Waals surface area contributed by atoms with Crippen molar-refractivity contribution in [2.75, 3.05) is 0 Å². The number of fused-ring (bicyclic) bond motifs is 6. The van der Waals surface area contributed by atoms with Gasteiger partial charge in [-0.2, -0.15) is 0 Å². The van der Waals surface area contributed by atoms with Crippen molar-refractivity contribution < 1.29 is 4.42 Å². The van der Waals surface area contributed by atoms with Gasteiger partial charge in [0.25, 0.3) is 0 Å². The Bertz CT molecular complexity index is 3260. The molecule has 1 nitrogen and oxygen atoms in total. The summed E-state index contributed by atoms with van der Waals surface area (Å²) in [5, 5.41) is 2.31. The molecule has 0 saturated heterocycles. The lowest BCUT2D eigenvalue weighted by Crippen LogP contribution is -2.28. The second kappa shape index (κ2) is 18.0. The quantitative estimate of drug-likeness (QED) is 0.168. The summed E-state index contributed by atoms with van der Waals surface area (Å²) in [6.07, 6.45) is 0. The van der Waals surface area contributed by atoms with E-state index in [0.29, 0.717) is 0 Å². The summed E-state index contributed by atoms with van der Waals surface area (Å²) in [4.78, 5) is 0. The lowest BCUT2D eigenvalue weighted by Gasteiger charge is -2.34. The highest BCUT2D eigenvalue weighted by molar-refractivity contribution is 6.09. The molecule has 0 spiro atoms. The van der Waals surface area contributed by atoms with Crippen LogP contribution in [0.5, 0.6) is 0 Å². The Morgan fingerprint density at radius 3 is 1.38 bits per heavy atom. The second-order valence-electron chi connectivity index (χ2n) is 17.0. The van der Waals surface area contributed by atoms with Gasteiger partial charge in [-0.05, 0) is 93.6 Å². The molecule has 65 heavy (non-hydrogen) atoms. The number of furan rings is 1. The Morgan fingerprint density at radius 2 is 0.754 bits per heavy atom. The van der Waals surface area contributed by atoms with Gasteiger partial charge in [0, 0.05) is 16.3 Å². The molecule has 1 heteroatoms. The summed E-state index contributed by atoms with van der Waals surface area (Å²) in [5.74, 6) is 0. The molecule has 0 fully saturated rings. The maximum atomic E-state index is 6.36. The first-order chi connectivity index (χ1) is 32.0. The van der Waals surface area contributed by atoms with Crippen molar-refractivity contribution >= 4 is 21.9 Å². The maximum Gasteiger partial charge on any atom is 0.143 e. The van der Waals surface area contributed by atoms with Crippen LogP contribution in [-0.4, -0.2) is 0 Å². The van der Waals surface area contributed by atoms with E-state index in [1.807, 2.05) is 24.3 Å². The van der Waals surface area contributed by atoms with Crippen LogP contribution in [0.4, 0.5) is 0 Å². The van der Waals surface area contributed by atoms with Gasteiger partial charge in [0.05, 0.1) is 5.41 Å². The van der Waals surface area contributed by atoms with E-state index in [4.69, 9.17) is 4.42 Å². The van der Waals surface area contributed by atoms with Crippen molar-refractivity contribution in [2.24, 2.45) is 0 Å². The van der Waals surface area contributed by atoms with Crippen LogP contribution in [-0.2, 0) is 5.41 Å². The fourth-order valence-electron chi connectivity index (χ4n) is 9.62. The number of hydrogen-bond donors (Lipinski definition) is 0. The third-order valence-corrected chi connectivity index (χ3v) is 12.8. The van der Waals surface area contributed by atoms with Crippen molar-refractivity contribution in [1.29, 1.82) is 0 Å². The van der Waals surface area contributed by atoms with Crippen LogP contribution in [0.3, 0.4) is 0 Å². The van der Waals surface area contributed by atoms with E-state index in [1.165, 1.54) is 72.3 Å². The van der Waals surface area contributed by atoms with Gasteiger partial charge < -0.3 is 4.42 Å². The Labute approximate surface area is 383 Å². The third-order valence-electron chi connectivity index (χ3n) is 12.8. The topological polar surface area (TPSA) is 13.1 Å². The maximum absolute atomic E-state index is 6.36. The summed E-state index contributed by atoms with van der Waals surface area (Å²) >= 11 is 0. The van der Waals surface area contributed by atoms with Gasteiger partial charge in [-0.15, -0.1) is 0 Å². The SMILES string of the molecule is Cc1ccc(-c2ccccc2)cc1.Cc1ccc(-c2ccccc2)cc1.Cc1cccc2c1-c1ccccc1C2(c1ccccc1)c1ccc(-c2cccc3c2oc2ccccc23)cc1. The number of para-hydroxylation sites is 2. The van der Waals surface area contributed by atoms with E-state index < -0.39 is 0 Å². The number of aryl methyl sites for hydroxylation is 3. The van der Waals surface area contributed by atoms with Crippen LogP contribution in [0.2, 0.25) is 0 Å². The first-order valence-electron chi connectivity index (χ1n) is 22.5. The molecule has 1 unspecified atom stereocenters. The third kappa shape index (κ3) is 7.88. The van der Waals surface area contributed by atoms with Crippen LogP contribution >= 0.6 is 0 Å². The number of benzene rings is 10. The molecule has 312 valence electrons. The minimum atomic E-state index is -0.386. The highest BCUT2D eigenvalue weighted by Crippen LogP contribution is 2.57. The normalized spacial score (nSPS) is 13.5. The van der Waals surface area contributed by atoms with E-state index in [1.54, 1.807) is 0 Å². The molecule has 12 rings (SSSR count). The highest BCUT2D eigenvalue weighted by Gasteiger charge is 2.46. The molecule has 0 N–H and O–H groups in total. The molecule has 0 aliphatic heterocycles. The second-order valence-corrected chi connectivity index (χ2v) is 17.0. The largest absolute Gasteiger partial charge is 0.455 e. The van der Waals surface area contributed by atoms with E-state index in [2.05, 4.69) is 245 Å². The minimum absolute atomic E-state index is 0.386. The Morgan fingerprint density at radius 1 is 0.308 bits per heavy atom. The van der Waals surface area contributed by atoms with Gasteiger partial charge in [-0.1, -0.05) is 254 Å². The van der Waals surface area contributed by atoms with Crippen molar-refractivity contribution in [3.05, 3.63) is 288 Å². The first kappa shape index (κ1) is 41.0. The van der Waals surface area contributed by atoms with Crippen LogP contribution in [0.15, 0.2) is 253 Å². The average Bonchev–Trinajstić information content (AvgIpc) is 3.91. The summed E-state index contributed by atoms with van der Waals surface area (Å²) in [6.45, 7) is 6.44. The van der Waals surface area contributed by atoms with Crippen LogP contribution < -0.4 is 0 Å². The summed E-state index contributed by atoms with van der Waals surface area (Å²) in [5.41, 5.74) is 20.7. The van der Waals surface area contributed by atoms with E-state index in [-0.39, 0.29) is 5.41 Å². The fraction of sp³-hybridized carbons (Fsp3) is 0.0625. The standard InChI is InChI=1S/C38H26O.2C13H12/c1-25-11-9-19-34-36(25)32-15-5-7-18-33(32)38(34,27-12-3-2-4-13-27)28-23-21-26(22-24-28)29-16-10-17-31-30-14-6-8-20-35(30)39-37(29)31;2*1-11-7-9-13(10-8-11)12-5-3-2-4-6-12/h2-24H,1H3;2*2-10H,1H3. The van der Waals surface area contributed by atoms with Gasteiger partial charge in [0.15, 0.2) is 0 Å². The molecule has 1 aliphatic carbocycles. The molecular weight excluding hydrogens is 785 g/mol. The van der Waals surface area contributed by atoms with Crippen LogP contribution in [0.25, 0.3) is 66.4 Å². The van der Waals surface area contributed by atoms with Gasteiger partial charge in [-0.25, -0.2) is 0 Å². The zero-order valence-corrected chi connectivity index (χ0v) is 37.1. The molecule has 0 radical (unpaired) electrons. The van der Waals surface area contributed by atoms with Crippen molar-refractivity contribution in [3.8, 4) is 44.5 Å². The van der Waals surface area contributed by atoms with Gasteiger partial charge >= 0.3 is 0 Å². The first-order valence-corrected chi connectivity index (χ1v) is 22.5. The monoisotopic (exact) mass is 834 g/mol. The Balaban J connectivity index is 0.000000155. The molecule has 1 atom stereocenters. The summed E-state index contributed by atoms with van der Waals surface area (Å²) < 4.78 is 6.36.